The van der Waals surface area contributed by atoms with Crippen LogP contribution in [0.25, 0.3) is 22.2 Å². The van der Waals surface area contributed by atoms with Crippen molar-refractivity contribution in [2.24, 2.45) is 0 Å². The highest BCUT2D eigenvalue weighted by molar-refractivity contribution is 14.1. The van der Waals surface area contributed by atoms with E-state index in [1.165, 1.54) is 0 Å². The molecule has 3 aromatic rings. The number of hydrogen-bond donors (Lipinski definition) is 1. The van der Waals surface area contributed by atoms with Crippen LogP contribution in [0.15, 0.2) is 24.5 Å². The topological polar surface area (TPSA) is 63.7 Å². The van der Waals surface area contributed by atoms with E-state index in [1.807, 2.05) is 19.1 Å². The Kier molecular flexibility index (Phi) is 3.09. The van der Waals surface area contributed by atoms with E-state index in [0.29, 0.717) is 0 Å². The van der Waals surface area contributed by atoms with Crippen LogP contribution in [0.3, 0.4) is 0 Å². The highest BCUT2D eigenvalue weighted by atomic mass is 127. The van der Waals surface area contributed by atoms with E-state index in [4.69, 9.17) is 4.74 Å². The molecule has 1 N–H and O–H groups in total. The number of methoxy groups -OCH3 is 1. The average Bonchev–Trinajstić information content (AvgIpc) is 2.81. The third-order valence-electron chi connectivity index (χ3n) is 2.97. The van der Waals surface area contributed by atoms with Crippen LogP contribution in [0.5, 0.6) is 5.75 Å². The van der Waals surface area contributed by atoms with E-state index >= 15 is 0 Å². The smallest absolute Gasteiger partial charge is 0.131 e. The van der Waals surface area contributed by atoms with Crippen LogP contribution in [0.2, 0.25) is 0 Å². The van der Waals surface area contributed by atoms with Gasteiger partial charge < -0.3 is 4.74 Å². The molecule has 0 fully saturated rings. The maximum absolute atomic E-state index is 5.36. The minimum Gasteiger partial charge on any atom is -0.496 e. The van der Waals surface area contributed by atoms with Crippen molar-refractivity contribution in [1.29, 1.82) is 0 Å². The lowest BCUT2D eigenvalue weighted by atomic mass is 10.1. The predicted octanol–water partition coefficient (Wildman–Crippen LogP) is 2.94. The van der Waals surface area contributed by atoms with Crippen molar-refractivity contribution in [1.82, 2.24) is 20.2 Å². The van der Waals surface area contributed by atoms with Crippen LogP contribution in [-0.2, 0) is 0 Å². The number of aryl methyl sites for hydroxylation is 1. The van der Waals surface area contributed by atoms with Gasteiger partial charge in [-0.1, -0.05) is 0 Å². The zero-order valence-electron chi connectivity index (χ0n) is 10.4. The maximum atomic E-state index is 5.36. The summed E-state index contributed by atoms with van der Waals surface area (Å²) in [5.74, 6) is 0.764. The predicted molar refractivity (Wildman–Crippen MR) is 81.1 cm³/mol. The van der Waals surface area contributed by atoms with Gasteiger partial charge in [-0.25, -0.2) is 0 Å². The first-order chi connectivity index (χ1) is 9.20. The molecular weight excluding hydrogens is 355 g/mol. The minimum absolute atomic E-state index is 0.764. The number of hydrogen-bond acceptors (Lipinski definition) is 4. The Bertz CT molecular complexity index is 753. The van der Waals surface area contributed by atoms with E-state index < -0.39 is 0 Å². The molecule has 0 saturated heterocycles. The number of pyridine rings is 2. The number of aromatic nitrogens is 4. The molecule has 0 atom stereocenters. The molecule has 0 aliphatic heterocycles. The third kappa shape index (κ3) is 2.05. The Balaban J connectivity index is 2.28. The number of aromatic amines is 1. The van der Waals surface area contributed by atoms with Gasteiger partial charge in [-0.15, -0.1) is 0 Å². The summed E-state index contributed by atoms with van der Waals surface area (Å²) in [6, 6.07) is 3.84. The number of ether oxygens (including phenoxy) is 1. The molecule has 0 unspecified atom stereocenters. The third-order valence-corrected chi connectivity index (χ3v) is 3.79. The fraction of sp³-hybridized carbons (Fsp3) is 0.154. The molecule has 0 aliphatic carbocycles. The summed E-state index contributed by atoms with van der Waals surface area (Å²) in [4.78, 5) is 8.74. The molecule has 0 aliphatic rings. The molecular formula is C13H11IN4O. The number of H-pyrrole nitrogens is 1. The molecule has 96 valence electrons. The lowest BCUT2D eigenvalue weighted by Gasteiger charge is -2.08. The van der Waals surface area contributed by atoms with Gasteiger partial charge in [-0.05, 0) is 41.6 Å². The van der Waals surface area contributed by atoms with Gasteiger partial charge in [-0.3, -0.25) is 15.1 Å². The number of rotatable bonds is 2. The lowest BCUT2D eigenvalue weighted by Crippen LogP contribution is -1.93. The van der Waals surface area contributed by atoms with Crippen molar-refractivity contribution in [3.05, 3.63) is 33.9 Å². The van der Waals surface area contributed by atoms with Crippen molar-refractivity contribution >= 4 is 33.5 Å². The molecule has 0 radical (unpaired) electrons. The second kappa shape index (κ2) is 4.76. The van der Waals surface area contributed by atoms with Crippen LogP contribution in [0.1, 0.15) is 5.69 Å². The number of halogens is 1. The van der Waals surface area contributed by atoms with Gasteiger partial charge in [0.15, 0.2) is 0 Å². The van der Waals surface area contributed by atoms with Crippen LogP contribution in [-0.4, -0.2) is 27.3 Å². The summed E-state index contributed by atoms with van der Waals surface area (Å²) in [7, 11) is 1.64. The van der Waals surface area contributed by atoms with Gasteiger partial charge in [-0.2, -0.15) is 5.10 Å². The first-order valence-electron chi connectivity index (χ1n) is 5.70. The molecule has 6 heteroatoms. The van der Waals surface area contributed by atoms with Crippen LogP contribution >= 0.6 is 22.6 Å². The molecule has 3 heterocycles. The molecule has 0 bridgehead atoms. The Hall–Kier alpha value is -1.70. The summed E-state index contributed by atoms with van der Waals surface area (Å²) in [5.41, 5.74) is 3.60. The summed E-state index contributed by atoms with van der Waals surface area (Å²) in [5, 5.41) is 8.27. The summed E-state index contributed by atoms with van der Waals surface area (Å²) < 4.78 is 6.29. The monoisotopic (exact) mass is 366 g/mol. The van der Waals surface area contributed by atoms with Gasteiger partial charge in [0.25, 0.3) is 0 Å². The second-order valence-corrected chi connectivity index (χ2v) is 5.13. The molecule has 3 rings (SSSR count). The Morgan fingerprint density at radius 1 is 1.37 bits per heavy atom. The summed E-state index contributed by atoms with van der Waals surface area (Å²) >= 11 is 2.21. The van der Waals surface area contributed by atoms with E-state index in [-0.39, 0.29) is 0 Å². The fourth-order valence-corrected chi connectivity index (χ4v) is 2.58. The van der Waals surface area contributed by atoms with Crippen LogP contribution < -0.4 is 4.74 Å². The van der Waals surface area contributed by atoms with Crippen LogP contribution in [0, 0.1) is 10.6 Å². The van der Waals surface area contributed by atoms with Crippen molar-refractivity contribution < 1.29 is 4.74 Å². The van der Waals surface area contributed by atoms with E-state index in [9.17, 15) is 0 Å². The Morgan fingerprint density at radius 2 is 2.21 bits per heavy atom. The van der Waals surface area contributed by atoms with Crippen LogP contribution in [0.4, 0.5) is 0 Å². The minimum atomic E-state index is 0.764. The zero-order valence-corrected chi connectivity index (χ0v) is 12.6. The van der Waals surface area contributed by atoms with Gasteiger partial charge in [0.2, 0.25) is 0 Å². The quantitative estimate of drug-likeness (QED) is 0.709. The number of nitrogens with one attached hydrogen (secondary N) is 1. The molecule has 5 nitrogen and oxygen atoms in total. The Labute approximate surface area is 123 Å². The average molecular weight is 366 g/mol. The molecule has 19 heavy (non-hydrogen) atoms. The van der Waals surface area contributed by atoms with Gasteiger partial charge in [0, 0.05) is 17.8 Å². The van der Waals surface area contributed by atoms with Gasteiger partial charge >= 0.3 is 0 Å². The molecule has 0 amide bonds. The zero-order chi connectivity index (χ0) is 13.4. The van der Waals surface area contributed by atoms with Crippen molar-refractivity contribution in [2.75, 3.05) is 7.11 Å². The number of nitrogens with zero attached hydrogens (tertiary/aromatic N) is 3. The van der Waals surface area contributed by atoms with E-state index in [2.05, 4.69) is 42.8 Å². The highest BCUT2D eigenvalue weighted by Gasteiger charge is 2.12. The number of fused-ring (bicyclic) bond motifs is 1. The van der Waals surface area contributed by atoms with Crippen molar-refractivity contribution in [2.45, 2.75) is 6.92 Å². The second-order valence-electron chi connectivity index (χ2n) is 4.11. The van der Waals surface area contributed by atoms with Gasteiger partial charge in [0.1, 0.15) is 9.45 Å². The van der Waals surface area contributed by atoms with Gasteiger partial charge in [0.05, 0.1) is 29.6 Å². The molecule has 0 spiro atoms. The van der Waals surface area contributed by atoms with Crippen molar-refractivity contribution in [3.63, 3.8) is 0 Å². The molecule has 0 saturated carbocycles. The summed E-state index contributed by atoms with van der Waals surface area (Å²) in [6.07, 6.45) is 3.47. The maximum Gasteiger partial charge on any atom is 0.131 e. The first-order valence-corrected chi connectivity index (χ1v) is 6.78. The fourth-order valence-electron chi connectivity index (χ4n) is 2.03. The highest BCUT2D eigenvalue weighted by Crippen LogP contribution is 2.31. The van der Waals surface area contributed by atoms with E-state index in [0.717, 1.165) is 37.3 Å². The normalized spacial score (nSPS) is 10.9. The summed E-state index contributed by atoms with van der Waals surface area (Å²) in [6.45, 7) is 1.96. The molecule has 0 aromatic carbocycles. The SMILES string of the molecule is COc1ccncc1-c1cc2c(I)n[nH]c2c(C)n1. The lowest BCUT2D eigenvalue weighted by molar-refractivity contribution is 0.416. The standard InChI is InChI=1S/C13H11IN4O/c1-7-12-8(13(14)18-17-12)5-10(16-7)9-6-15-4-3-11(9)19-2/h3-6H,1-2H3,(H,17,18). The molecule has 3 aromatic heterocycles. The largest absolute Gasteiger partial charge is 0.496 e. The van der Waals surface area contributed by atoms with Crippen molar-refractivity contribution in [3.8, 4) is 17.0 Å². The first kappa shape index (κ1) is 12.3. The van der Waals surface area contributed by atoms with E-state index in [1.54, 1.807) is 19.5 Å². The Morgan fingerprint density at radius 3 is 3.00 bits per heavy atom.